The second-order valence-corrected chi connectivity index (χ2v) is 4.89. The molecule has 2 aromatic carbocycles. The SMILES string of the molecule is O=c1nc(NNc2ccccc2)nc(-c2cccc(Cl)c2)[nH]1. The van der Waals surface area contributed by atoms with Crippen molar-refractivity contribution in [3.8, 4) is 11.4 Å². The summed E-state index contributed by atoms with van der Waals surface area (Å²) in [5, 5.41) is 0.564. The molecule has 0 spiro atoms. The number of hydrazine groups is 1. The van der Waals surface area contributed by atoms with E-state index in [1.54, 1.807) is 24.3 Å². The van der Waals surface area contributed by atoms with Gasteiger partial charge in [0.05, 0.1) is 5.69 Å². The predicted molar refractivity (Wildman–Crippen MR) is 86.8 cm³/mol. The van der Waals surface area contributed by atoms with Crippen LogP contribution in [0.4, 0.5) is 11.6 Å². The third-order valence-electron chi connectivity index (χ3n) is 2.84. The Morgan fingerprint density at radius 2 is 1.77 bits per heavy atom. The van der Waals surface area contributed by atoms with Crippen LogP contribution in [0.3, 0.4) is 0 Å². The molecular weight excluding hydrogens is 302 g/mol. The van der Waals surface area contributed by atoms with Crippen LogP contribution in [-0.2, 0) is 0 Å². The number of halogens is 1. The van der Waals surface area contributed by atoms with Crippen LogP contribution in [0.25, 0.3) is 11.4 Å². The van der Waals surface area contributed by atoms with Gasteiger partial charge in [-0.25, -0.2) is 4.79 Å². The van der Waals surface area contributed by atoms with Gasteiger partial charge in [0.15, 0.2) is 0 Å². The highest BCUT2D eigenvalue weighted by Crippen LogP contribution is 2.18. The molecule has 0 radical (unpaired) electrons. The highest BCUT2D eigenvalue weighted by Gasteiger charge is 2.05. The van der Waals surface area contributed by atoms with Crippen molar-refractivity contribution < 1.29 is 0 Å². The van der Waals surface area contributed by atoms with E-state index < -0.39 is 5.69 Å². The molecule has 3 rings (SSSR count). The predicted octanol–water partition coefficient (Wildman–Crippen LogP) is 2.92. The van der Waals surface area contributed by atoms with Gasteiger partial charge in [-0.05, 0) is 24.3 Å². The number of anilines is 2. The zero-order valence-corrected chi connectivity index (χ0v) is 12.1. The zero-order chi connectivity index (χ0) is 15.4. The number of aromatic nitrogens is 3. The number of hydrogen-bond donors (Lipinski definition) is 3. The van der Waals surface area contributed by atoms with Gasteiger partial charge in [0.2, 0.25) is 5.95 Å². The molecular formula is C15H12ClN5O. The Morgan fingerprint density at radius 3 is 2.55 bits per heavy atom. The van der Waals surface area contributed by atoms with E-state index in [9.17, 15) is 4.79 Å². The van der Waals surface area contributed by atoms with E-state index >= 15 is 0 Å². The average molecular weight is 314 g/mol. The lowest BCUT2D eigenvalue weighted by atomic mass is 10.2. The summed E-state index contributed by atoms with van der Waals surface area (Å²) in [4.78, 5) is 22.3. The van der Waals surface area contributed by atoms with Gasteiger partial charge < -0.3 is 0 Å². The molecule has 1 heterocycles. The summed E-state index contributed by atoms with van der Waals surface area (Å²) in [5.41, 5.74) is 6.76. The fourth-order valence-electron chi connectivity index (χ4n) is 1.86. The van der Waals surface area contributed by atoms with Crippen LogP contribution >= 0.6 is 11.6 Å². The minimum Gasteiger partial charge on any atom is -0.298 e. The van der Waals surface area contributed by atoms with Crippen LogP contribution in [0.1, 0.15) is 0 Å². The Bertz CT molecular complexity index is 835. The molecule has 0 fully saturated rings. The van der Waals surface area contributed by atoms with Crippen LogP contribution in [0.15, 0.2) is 59.4 Å². The third kappa shape index (κ3) is 3.42. The van der Waals surface area contributed by atoms with E-state index in [1.807, 2.05) is 30.3 Å². The highest BCUT2D eigenvalue weighted by atomic mass is 35.5. The van der Waals surface area contributed by atoms with Crippen molar-refractivity contribution in [1.82, 2.24) is 15.0 Å². The first-order valence-electron chi connectivity index (χ1n) is 6.52. The minimum absolute atomic E-state index is 0.169. The maximum atomic E-state index is 11.7. The van der Waals surface area contributed by atoms with E-state index in [2.05, 4.69) is 25.8 Å². The average Bonchev–Trinajstić information content (AvgIpc) is 2.53. The topological polar surface area (TPSA) is 82.7 Å². The van der Waals surface area contributed by atoms with Crippen LogP contribution in [-0.4, -0.2) is 15.0 Å². The largest absolute Gasteiger partial charge is 0.349 e. The van der Waals surface area contributed by atoms with Crippen LogP contribution in [0, 0.1) is 0 Å². The summed E-state index contributed by atoms with van der Waals surface area (Å²) < 4.78 is 0. The number of nitrogens with one attached hydrogen (secondary N) is 3. The molecule has 0 atom stereocenters. The number of rotatable bonds is 4. The van der Waals surface area contributed by atoms with Gasteiger partial charge in [0, 0.05) is 10.6 Å². The molecule has 0 saturated heterocycles. The standard InChI is InChI=1S/C15H12ClN5O/c16-11-6-4-5-10(9-11)13-17-14(19-15(22)18-13)21-20-12-7-2-1-3-8-12/h1-9,20H,(H2,17,18,19,21,22). The lowest BCUT2D eigenvalue weighted by Gasteiger charge is -2.08. The van der Waals surface area contributed by atoms with Gasteiger partial charge >= 0.3 is 5.69 Å². The first-order chi connectivity index (χ1) is 10.7. The number of benzene rings is 2. The Labute approximate surface area is 131 Å². The van der Waals surface area contributed by atoms with Crippen molar-refractivity contribution in [2.75, 3.05) is 10.9 Å². The van der Waals surface area contributed by atoms with Crippen LogP contribution in [0.5, 0.6) is 0 Å². The van der Waals surface area contributed by atoms with Crippen molar-refractivity contribution in [3.05, 3.63) is 70.1 Å². The summed E-state index contributed by atoms with van der Waals surface area (Å²) in [6, 6.07) is 16.5. The third-order valence-corrected chi connectivity index (χ3v) is 3.08. The molecule has 3 aromatic rings. The lowest BCUT2D eigenvalue weighted by molar-refractivity contribution is 0.994. The van der Waals surface area contributed by atoms with Crippen LogP contribution < -0.4 is 16.5 Å². The summed E-state index contributed by atoms with van der Waals surface area (Å²) in [6.07, 6.45) is 0. The van der Waals surface area contributed by atoms with E-state index in [4.69, 9.17) is 11.6 Å². The second kappa shape index (κ2) is 6.28. The van der Waals surface area contributed by atoms with Crippen LogP contribution in [0.2, 0.25) is 5.02 Å². The number of H-pyrrole nitrogens is 1. The zero-order valence-electron chi connectivity index (χ0n) is 11.4. The van der Waals surface area contributed by atoms with Crippen molar-refractivity contribution in [2.45, 2.75) is 0 Å². The molecule has 0 amide bonds. The van der Waals surface area contributed by atoms with E-state index in [0.29, 0.717) is 16.4 Å². The molecule has 0 aliphatic heterocycles. The monoisotopic (exact) mass is 313 g/mol. The highest BCUT2D eigenvalue weighted by molar-refractivity contribution is 6.30. The maximum absolute atomic E-state index is 11.7. The fraction of sp³-hybridized carbons (Fsp3) is 0. The molecule has 110 valence electrons. The quantitative estimate of drug-likeness (QED) is 0.645. The van der Waals surface area contributed by atoms with Crippen molar-refractivity contribution in [2.24, 2.45) is 0 Å². The van der Waals surface area contributed by atoms with Gasteiger partial charge in [0.25, 0.3) is 0 Å². The maximum Gasteiger partial charge on any atom is 0.349 e. The van der Waals surface area contributed by atoms with E-state index in [0.717, 1.165) is 5.69 Å². The minimum atomic E-state index is -0.498. The lowest BCUT2D eigenvalue weighted by Crippen LogP contribution is -2.19. The van der Waals surface area contributed by atoms with Gasteiger partial charge in [-0.2, -0.15) is 9.97 Å². The fourth-order valence-corrected chi connectivity index (χ4v) is 2.05. The Hall–Kier alpha value is -2.86. The normalized spacial score (nSPS) is 10.2. The number of hydrogen-bond acceptors (Lipinski definition) is 5. The summed E-state index contributed by atoms with van der Waals surface area (Å²) in [7, 11) is 0. The molecule has 6 nitrogen and oxygen atoms in total. The molecule has 7 heteroatoms. The molecule has 0 aliphatic rings. The Kier molecular flexibility index (Phi) is 4.02. The smallest absolute Gasteiger partial charge is 0.298 e. The van der Waals surface area contributed by atoms with E-state index in [1.165, 1.54) is 0 Å². The molecule has 1 aromatic heterocycles. The Balaban J connectivity index is 1.85. The van der Waals surface area contributed by atoms with Gasteiger partial charge in [-0.3, -0.25) is 15.8 Å². The molecule has 22 heavy (non-hydrogen) atoms. The first-order valence-corrected chi connectivity index (χ1v) is 6.90. The van der Waals surface area contributed by atoms with Gasteiger partial charge in [0.1, 0.15) is 5.82 Å². The number of nitrogens with zero attached hydrogens (tertiary/aromatic N) is 2. The summed E-state index contributed by atoms with van der Waals surface area (Å²) in [6.45, 7) is 0. The number of aromatic amines is 1. The molecule has 0 aliphatic carbocycles. The van der Waals surface area contributed by atoms with Gasteiger partial charge in [-0.15, -0.1) is 0 Å². The van der Waals surface area contributed by atoms with Crippen molar-refractivity contribution >= 4 is 23.2 Å². The molecule has 0 unspecified atom stereocenters. The van der Waals surface area contributed by atoms with E-state index in [-0.39, 0.29) is 5.95 Å². The van der Waals surface area contributed by atoms with Gasteiger partial charge in [-0.1, -0.05) is 41.9 Å². The van der Waals surface area contributed by atoms with Crippen molar-refractivity contribution in [1.29, 1.82) is 0 Å². The molecule has 0 saturated carbocycles. The summed E-state index contributed by atoms with van der Waals surface area (Å²) in [5.74, 6) is 0.558. The molecule has 3 N–H and O–H groups in total. The molecule has 0 bridgehead atoms. The number of para-hydroxylation sites is 1. The Morgan fingerprint density at radius 1 is 0.955 bits per heavy atom. The van der Waals surface area contributed by atoms with Crippen molar-refractivity contribution in [3.63, 3.8) is 0 Å². The summed E-state index contributed by atoms with van der Waals surface area (Å²) >= 11 is 5.95. The first kappa shape index (κ1) is 14.1. The second-order valence-electron chi connectivity index (χ2n) is 4.45.